The quantitative estimate of drug-likeness (QED) is 0.197. The first kappa shape index (κ1) is 30.2. The summed E-state index contributed by atoms with van der Waals surface area (Å²) in [6, 6.07) is 5.97. The van der Waals surface area contributed by atoms with Crippen LogP contribution < -0.4 is 0 Å². The van der Waals surface area contributed by atoms with Crippen molar-refractivity contribution in [1.82, 2.24) is 0 Å². The van der Waals surface area contributed by atoms with Crippen LogP contribution in [-0.4, -0.2) is 22.2 Å². The summed E-state index contributed by atoms with van der Waals surface area (Å²) in [7, 11) is 0. The number of aliphatic carboxylic acids is 2. The van der Waals surface area contributed by atoms with Gasteiger partial charge in [-0.25, -0.2) is 0 Å². The summed E-state index contributed by atoms with van der Waals surface area (Å²) in [4.78, 5) is 24.5. The highest BCUT2D eigenvalue weighted by Gasteiger charge is 2.29. The molecule has 2 N–H and O–H groups in total. The zero-order valence-corrected chi connectivity index (χ0v) is 22.4. The summed E-state index contributed by atoms with van der Waals surface area (Å²) in [5.41, 5.74) is 2.55. The highest BCUT2D eigenvalue weighted by Crippen LogP contribution is 2.35. The number of benzene rings is 1. The van der Waals surface area contributed by atoms with Crippen LogP contribution in [0.1, 0.15) is 140 Å². The molecule has 0 saturated heterocycles. The fraction of sp³-hybridized carbons (Fsp3) is 0.733. The lowest BCUT2D eigenvalue weighted by molar-refractivity contribution is -0.140. The molecule has 34 heavy (non-hydrogen) atoms. The number of rotatable bonds is 19. The minimum atomic E-state index is -0.856. The van der Waals surface area contributed by atoms with Gasteiger partial charge in [0.1, 0.15) is 0 Å². The Kier molecular flexibility index (Phi) is 14.9. The summed E-state index contributed by atoms with van der Waals surface area (Å²) < 4.78 is 0. The van der Waals surface area contributed by atoms with E-state index in [2.05, 4.69) is 34.6 Å². The van der Waals surface area contributed by atoms with E-state index in [0.29, 0.717) is 30.2 Å². The van der Waals surface area contributed by atoms with Gasteiger partial charge in [0, 0.05) is 0 Å². The maximum absolute atomic E-state index is 12.3. The first-order valence-electron chi connectivity index (χ1n) is 13.8. The number of carboxylic acids is 2. The summed E-state index contributed by atoms with van der Waals surface area (Å²) >= 11 is 0. The van der Waals surface area contributed by atoms with Gasteiger partial charge in [0.25, 0.3) is 0 Å². The molecular weight excluding hydrogens is 424 g/mol. The first-order chi connectivity index (χ1) is 16.2. The third-order valence-corrected chi connectivity index (χ3v) is 6.88. The Labute approximate surface area is 208 Å². The fourth-order valence-electron chi connectivity index (χ4n) is 4.69. The summed E-state index contributed by atoms with van der Waals surface area (Å²) in [6.45, 7) is 10.6. The molecule has 1 aromatic rings. The molecule has 1 aromatic carbocycles. The SMILES string of the molecule is CCCCCCCCCCc1ccc(C(CCC(C)C)C(=O)O)c(C(CCC(C)C)C(=O)O)c1. The topological polar surface area (TPSA) is 74.6 Å². The predicted molar refractivity (Wildman–Crippen MR) is 142 cm³/mol. The molecule has 0 bridgehead atoms. The van der Waals surface area contributed by atoms with Crippen LogP contribution in [0.4, 0.5) is 0 Å². The minimum absolute atomic E-state index is 0.405. The van der Waals surface area contributed by atoms with Crippen LogP contribution in [0.15, 0.2) is 18.2 Å². The Morgan fingerprint density at radius 2 is 1.15 bits per heavy atom. The zero-order chi connectivity index (χ0) is 25.5. The smallest absolute Gasteiger partial charge is 0.310 e. The molecule has 4 heteroatoms. The second-order valence-corrected chi connectivity index (χ2v) is 10.9. The number of carboxylic acid groups (broad SMARTS) is 2. The highest BCUT2D eigenvalue weighted by molar-refractivity contribution is 5.80. The molecule has 2 atom stereocenters. The van der Waals surface area contributed by atoms with Crippen LogP contribution in [-0.2, 0) is 16.0 Å². The summed E-state index contributed by atoms with van der Waals surface area (Å²) in [6.07, 6.45) is 13.7. The van der Waals surface area contributed by atoms with E-state index in [1.807, 2.05) is 18.2 Å². The van der Waals surface area contributed by atoms with Gasteiger partial charge in [-0.15, -0.1) is 0 Å². The number of hydrogen-bond donors (Lipinski definition) is 2. The van der Waals surface area contributed by atoms with Crippen molar-refractivity contribution < 1.29 is 19.8 Å². The molecule has 194 valence electrons. The van der Waals surface area contributed by atoms with Crippen LogP contribution in [0.3, 0.4) is 0 Å². The van der Waals surface area contributed by atoms with E-state index in [1.165, 1.54) is 44.9 Å². The van der Waals surface area contributed by atoms with Gasteiger partial charge < -0.3 is 10.2 Å². The van der Waals surface area contributed by atoms with Gasteiger partial charge in [0.15, 0.2) is 0 Å². The van der Waals surface area contributed by atoms with Gasteiger partial charge in [-0.1, -0.05) is 97.8 Å². The predicted octanol–water partition coefficient (Wildman–Crippen LogP) is 8.58. The molecular formula is C30H50O4. The molecule has 0 fully saturated rings. The van der Waals surface area contributed by atoms with E-state index in [1.54, 1.807) is 0 Å². The van der Waals surface area contributed by atoms with Crippen molar-refractivity contribution >= 4 is 11.9 Å². The third-order valence-electron chi connectivity index (χ3n) is 6.88. The largest absolute Gasteiger partial charge is 0.481 e. The standard InChI is InChI=1S/C30H50O4/c1-6-7-8-9-10-11-12-13-14-24-17-20-25(26(29(31)32)18-15-22(2)3)28(21-24)27(30(33)34)19-16-23(4)5/h17,20-23,26-27H,6-16,18-19H2,1-5H3,(H,31,32)(H,33,34). The molecule has 2 unspecified atom stereocenters. The fourth-order valence-corrected chi connectivity index (χ4v) is 4.69. The van der Waals surface area contributed by atoms with E-state index in [4.69, 9.17) is 0 Å². The molecule has 0 aliphatic heterocycles. The van der Waals surface area contributed by atoms with Crippen molar-refractivity contribution in [3.63, 3.8) is 0 Å². The van der Waals surface area contributed by atoms with Gasteiger partial charge in [-0.2, -0.15) is 0 Å². The summed E-state index contributed by atoms with van der Waals surface area (Å²) in [5, 5.41) is 20.1. The molecule has 0 amide bonds. The van der Waals surface area contributed by atoms with Crippen molar-refractivity contribution in [3.05, 3.63) is 34.9 Å². The molecule has 0 saturated carbocycles. The number of aryl methyl sites for hydroxylation is 1. The van der Waals surface area contributed by atoms with Crippen LogP contribution in [0.2, 0.25) is 0 Å². The average molecular weight is 475 g/mol. The van der Waals surface area contributed by atoms with Gasteiger partial charge in [-0.05, 0) is 67.1 Å². The van der Waals surface area contributed by atoms with Crippen LogP contribution in [0, 0.1) is 11.8 Å². The second kappa shape index (κ2) is 16.7. The van der Waals surface area contributed by atoms with Crippen molar-refractivity contribution in [2.24, 2.45) is 11.8 Å². The van der Waals surface area contributed by atoms with Crippen LogP contribution in [0.5, 0.6) is 0 Å². The Morgan fingerprint density at radius 1 is 0.676 bits per heavy atom. The maximum atomic E-state index is 12.3. The molecule has 0 aliphatic rings. The lowest BCUT2D eigenvalue weighted by Gasteiger charge is -2.23. The zero-order valence-electron chi connectivity index (χ0n) is 22.4. The second-order valence-electron chi connectivity index (χ2n) is 10.9. The van der Waals surface area contributed by atoms with Crippen molar-refractivity contribution in [2.75, 3.05) is 0 Å². The minimum Gasteiger partial charge on any atom is -0.481 e. The Morgan fingerprint density at radius 3 is 1.62 bits per heavy atom. The van der Waals surface area contributed by atoms with Gasteiger partial charge in [0.05, 0.1) is 11.8 Å². The number of hydrogen-bond acceptors (Lipinski definition) is 2. The van der Waals surface area contributed by atoms with Crippen LogP contribution >= 0.6 is 0 Å². The average Bonchev–Trinajstić information content (AvgIpc) is 2.76. The normalized spacial score (nSPS) is 13.4. The summed E-state index contributed by atoms with van der Waals surface area (Å²) in [5.74, 6) is -2.21. The number of carbonyl (C=O) groups is 2. The lowest BCUT2D eigenvalue weighted by Crippen LogP contribution is -2.20. The van der Waals surface area contributed by atoms with Crippen LogP contribution in [0.25, 0.3) is 0 Å². The Hall–Kier alpha value is -1.84. The van der Waals surface area contributed by atoms with Gasteiger partial charge >= 0.3 is 11.9 Å². The number of unbranched alkanes of at least 4 members (excludes halogenated alkanes) is 7. The molecule has 0 heterocycles. The highest BCUT2D eigenvalue weighted by atomic mass is 16.4. The maximum Gasteiger partial charge on any atom is 0.310 e. The monoisotopic (exact) mass is 474 g/mol. The van der Waals surface area contributed by atoms with E-state index in [-0.39, 0.29) is 0 Å². The molecule has 0 radical (unpaired) electrons. The third kappa shape index (κ3) is 11.5. The first-order valence-corrected chi connectivity index (χ1v) is 13.8. The van der Waals surface area contributed by atoms with Gasteiger partial charge in [-0.3, -0.25) is 9.59 Å². The molecule has 4 nitrogen and oxygen atoms in total. The lowest BCUT2D eigenvalue weighted by atomic mass is 9.80. The van der Waals surface area contributed by atoms with E-state index >= 15 is 0 Å². The van der Waals surface area contributed by atoms with Crippen molar-refractivity contribution in [2.45, 2.75) is 130 Å². The molecule has 1 rings (SSSR count). The molecule has 0 aromatic heterocycles. The molecule has 0 spiro atoms. The van der Waals surface area contributed by atoms with Crippen molar-refractivity contribution in [1.29, 1.82) is 0 Å². The van der Waals surface area contributed by atoms with E-state index in [0.717, 1.165) is 36.8 Å². The van der Waals surface area contributed by atoms with Gasteiger partial charge in [0.2, 0.25) is 0 Å². The molecule has 0 aliphatic carbocycles. The Bertz CT molecular complexity index is 723. The Balaban J connectivity index is 3.06. The van der Waals surface area contributed by atoms with E-state index < -0.39 is 23.8 Å². The van der Waals surface area contributed by atoms with E-state index in [9.17, 15) is 19.8 Å². The van der Waals surface area contributed by atoms with Crippen molar-refractivity contribution in [3.8, 4) is 0 Å².